The Morgan fingerprint density at radius 2 is 2.14 bits per heavy atom. The number of ether oxygens (including phenoxy) is 2. The molecule has 9 nitrogen and oxygen atoms in total. The lowest BCUT2D eigenvalue weighted by Crippen LogP contribution is -2.04. The van der Waals surface area contributed by atoms with E-state index in [2.05, 4.69) is 15.1 Å². The van der Waals surface area contributed by atoms with Crippen LogP contribution in [-0.2, 0) is 6.61 Å². The third kappa shape index (κ3) is 3.69. The summed E-state index contributed by atoms with van der Waals surface area (Å²) in [4.78, 5) is 19.1. The van der Waals surface area contributed by atoms with E-state index in [0.717, 1.165) is 16.7 Å². The second-order valence-electron chi connectivity index (χ2n) is 6.26. The van der Waals surface area contributed by atoms with Gasteiger partial charge in [0.2, 0.25) is 0 Å². The lowest BCUT2D eigenvalue weighted by molar-refractivity contribution is 0.145. The van der Waals surface area contributed by atoms with Crippen LogP contribution >= 0.6 is 11.3 Å². The number of nitrogens with two attached hydrogens (primary N) is 1. The van der Waals surface area contributed by atoms with Crippen molar-refractivity contribution in [3.63, 3.8) is 0 Å². The summed E-state index contributed by atoms with van der Waals surface area (Å²) < 4.78 is 16.6. The summed E-state index contributed by atoms with van der Waals surface area (Å²) in [6, 6.07) is 5.62. The van der Waals surface area contributed by atoms with Crippen molar-refractivity contribution in [2.75, 3.05) is 5.73 Å². The SMILES string of the molecule is Cc1noc(-c2ccc(C)c(OCc3csc4c(OC(=O)O)cnc(N)c34)c2)n1. The summed E-state index contributed by atoms with van der Waals surface area (Å²) in [6.07, 6.45) is -0.111. The van der Waals surface area contributed by atoms with Gasteiger partial charge in [-0.2, -0.15) is 4.98 Å². The predicted octanol–water partition coefficient (Wildman–Crippen LogP) is 4.18. The highest BCUT2D eigenvalue weighted by Gasteiger charge is 2.16. The van der Waals surface area contributed by atoms with E-state index in [1.54, 1.807) is 6.92 Å². The van der Waals surface area contributed by atoms with Gasteiger partial charge in [0, 0.05) is 16.5 Å². The second-order valence-corrected chi connectivity index (χ2v) is 7.14. The van der Waals surface area contributed by atoms with E-state index in [4.69, 9.17) is 24.8 Å². The van der Waals surface area contributed by atoms with Crippen LogP contribution in [0.15, 0.2) is 34.3 Å². The Labute approximate surface area is 168 Å². The van der Waals surface area contributed by atoms with Crippen molar-refractivity contribution in [1.29, 1.82) is 0 Å². The summed E-state index contributed by atoms with van der Waals surface area (Å²) in [5, 5.41) is 15.2. The minimum Gasteiger partial charge on any atom is -0.489 e. The molecule has 0 radical (unpaired) electrons. The average molecular weight is 412 g/mol. The number of nitrogens with zero attached hydrogens (tertiary/aromatic N) is 3. The maximum absolute atomic E-state index is 10.9. The van der Waals surface area contributed by atoms with Crippen LogP contribution in [0.4, 0.5) is 10.6 Å². The van der Waals surface area contributed by atoms with E-state index in [0.29, 0.717) is 27.6 Å². The molecule has 0 amide bonds. The van der Waals surface area contributed by atoms with Crippen LogP contribution in [0, 0.1) is 13.8 Å². The number of aromatic nitrogens is 3. The summed E-state index contributed by atoms with van der Waals surface area (Å²) >= 11 is 1.32. The molecule has 1 aromatic carbocycles. The summed E-state index contributed by atoms with van der Waals surface area (Å²) in [6.45, 7) is 3.90. The van der Waals surface area contributed by atoms with Crippen LogP contribution in [0.1, 0.15) is 17.0 Å². The molecule has 3 heterocycles. The molecule has 0 atom stereocenters. The number of carbonyl (C=O) groups is 1. The topological polar surface area (TPSA) is 134 Å². The van der Waals surface area contributed by atoms with E-state index < -0.39 is 6.16 Å². The standard InChI is InChI=1S/C19H16N4O5S/c1-9-3-4-11(18-22-10(2)23-28-18)5-13(9)26-7-12-8-29-16-14(27-19(24)25)6-21-17(20)15(12)16/h3-6,8H,7H2,1-2H3,(H2,20,21)(H,24,25). The Morgan fingerprint density at radius 3 is 2.86 bits per heavy atom. The molecule has 0 spiro atoms. The molecule has 3 N–H and O–H groups in total. The van der Waals surface area contributed by atoms with Crippen LogP contribution in [0.5, 0.6) is 11.5 Å². The zero-order valence-electron chi connectivity index (χ0n) is 15.5. The summed E-state index contributed by atoms with van der Waals surface area (Å²) in [5.74, 6) is 2.04. The van der Waals surface area contributed by atoms with Gasteiger partial charge in [-0.15, -0.1) is 11.3 Å². The first kappa shape index (κ1) is 18.7. The van der Waals surface area contributed by atoms with Crippen molar-refractivity contribution in [2.45, 2.75) is 20.5 Å². The molecule has 0 aliphatic heterocycles. The van der Waals surface area contributed by atoms with Crippen molar-refractivity contribution in [2.24, 2.45) is 0 Å². The molecule has 0 aliphatic rings. The Kier molecular flexibility index (Phi) is 4.77. The summed E-state index contributed by atoms with van der Waals surface area (Å²) in [7, 11) is 0. The molecule has 0 saturated carbocycles. The lowest BCUT2D eigenvalue weighted by Gasteiger charge is -2.10. The maximum atomic E-state index is 10.9. The summed E-state index contributed by atoms with van der Waals surface area (Å²) in [5.41, 5.74) is 8.48. The number of anilines is 1. The third-order valence-electron chi connectivity index (χ3n) is 4.21. The van der Waals surface area contributed by atoms with Crippen LogP contribution in [0.3, 0.4) is 0 Å². The maximum Gasteiger partial charge on any atom is 0.511 e. The monoisotopic (exact) mass is 412 g/mol. The molecule has 10 heteroatoms. The quantitative estimate of drug-likeness (QED) is 0.463. The van der Waals surface area contributed by atoms with Crippen molar-refractivity contribution in [1.82, 2.24) is 15.1 Å². The van der Waals surface area contributed by atoms with Gasteiger partial charge in [0.05, 0.1) is 10.9 Å². The van der Waals surface area contributed by atoms with E-state index in [1.807, 2.05) is 30.5 Å². The van der Waals surface area contributed by atoms with E-state index in [-0.39, 0.29) is 18.2 Å². The number of carboxylic acid groups (broad SMARTS) is 1. The molecule has 0 aliphatic carbocycles. The molecular formula is C19H16N4O5S. The fraction of sp³-hybridized carbons (Fsp3) is 0.158. The Morgan fingerprint density at radius 1 is 1.31 bits per heavy atom. The Bertz CT molecular complexity index is 1220. The molecular weight excluding hydrogens is 396 g/mol. The van der Waals surface area contributed by atoms with Gasteiger partial charge in [-0.25, -0.2) is 9.78 Å². The number of hydrogen-bond acceptors (Lipinski definition) is 9. The van der Waals surface area contributed by atoms with Gasteiger partial charge >= 0.3 is 6.16 Å². The minimum atomic E-state index is -1.41. The largest absolute Gasteiger partial charge is 0.511 e. The van der Waals surface area contributed by atoms with Gasteiger partial charge in [-0.05, 0) is 36.9 Å². The van der Waals surface area contributed by atoms with Gasteiger partial charge < -0.3 is 24.8 Å². The molecule has 29 heavy (non-hydrogen) atoms. The van der Waals surface area contributed by atoms with Crippen molar-refractivity contribution in [3.05, 3.63) is 46.7 Å². The van der Waals surface area contributed by atoms with Crippen LogP contribution in [-0.4, -0.2) is 26.4 Å². The van der Waals surface area contributed by atoms with Gasteiger partial charge in [-0.3, -0.25) is 0 Å². The number of hydrogen-bond donors (Lipinski definition) is 2. The molecule has 148 valence electrons. The Hall–Kier alpha value is -3.66. The highest BCUT2D eigenvalue weighted by molar-refractivity contribution is 7.17. The first-order valence-electron chi connectivity index (χ1n) is 8.52. The van der Waals surface area contributed by atoms with Crippen molar-refractivity contribution < 1.29 is 23.9 Å². The molecule has 0 fully saturated rings. The first-order valence-corrected chi connectivity index (χ1v) is 9.40. The third-order valence-corrected chi connectivity index (χ3v) is 5.25. The van der Waals surface area contributed by atoms with E-state index in [9.17, 15) is 4.79 Å². The molecule has 0 bridgehead atoms. The van der Waals surface area contributed by atoms with Gasteiger partial charge in [0.1, 0.15) is 18.2 Å². The van der Waals surface area contributed by atoms with E-state index in [1.165, 1.54) is 17.5 Å². The van der Waals surface area contributed by atoms with Crippen LogP contribution < -0.4 is 15.2 Å². The van der Waals surface area contributed by atoms with E-state index >= 15 is 0 Å². The van der Waals surface area contributed by atoms with Gasteiger partial charge in [0.15, 0.2) is 11.6 Å². The number of rotatable bonds is 5. The highest BCUT2D eigenvalue weighted by atomic mass is 32.1. The molecule has 0 saturated heterocycles. The normalized spacial score (nSPS) is 11.0. The van der Waals surface area contributed by atoms with Crippen molar-refractivity contribution >= 4 is 33.4 Å². The number of fused-ring (bicyclic) bond motifs is 1. The van der Waals surface area contributed by atoms with Gasteiger partial charge in [0.25, 0.3) is 5.89 Å². The Balaban J connectivity index is 1.63. The molecule has 4 rings (SSSR count). The fourth-order valence-corrected chi connectivity index (χ4v) is 3.85. The molecule has 3 aromatic heterocycles. The number of pyridine rings is 1. The highest BCUT2D eigenvalue weighted by Crippen LogP contribution is 2.37. The van der Waals surface area contributed by atoms with Crippen LogP contribution in [0.2, 0.25) is 0 Å². The van der Waals surface area contributed by atoms with Crippen molar-refractivity contribution in [3.8, 4) is 23.0 Å². The number of nitrogen functional groups attached to an aromatic ring is 1. The zero-order valence-corrected chi connectivity index (χ0v) is 16.3. The second kappa shape index (κ2) is 7.40. The number of benzene rings is 1. The average Bonchev–Trinajstić information content (AvgIpc) is 3.30. The first-order chi connectivity index (χ1) is 13.9. The number of thiophene rings is 1. The zero-order chi connectivity index (χ0) is 20.5. The molecule has 0 unspecified atom stereocenters. The lowest BCUT2D eigenvalue weighted by atomic mass is 10.1. The fourth-order valence-electron chi connectivity index (χ4n) is 2.84. The minimum absolute atomic E-state index is 0.142. The smallest absolute Gasteiger partial charge is 0.489 e. The van der Waals surface area contributed by atoms with Crippen LogP contribution in [0.25, 0.3) is 21.5 Å². The van der Waals surface area contributed by atoms with Gasteiger partial charge in [-0.1, -0.05) is 11.2 Å². The predicted molar refractivity (Wildman–Crippen MR) is 106 cm³/mol. The number of aryl methyl sites for hydroxylation is 2. The molecule has 4 aromatic rings.